The topological polar surface area (TPSA) is 56.9 Å². The molecule has 0 aliphatic carbocycles. The van der Waals surface area contributed by atoms with Crippen LogP contribution in [0.4, 0.5) is 17.1 Å². The third-order valence-corrected chi connectivity index (χ3v) is 5.25. The van der Waals surface area contributed by atoms with Crippen LogP contribution < -0.4 is 15.1 Å². The van der Waals surface area contributed by atoms with Crippen LogP contribution in [0.5, 0.6) is 0 Å². The summed E-state index contributed by atoms with van der Waals surface area (Å²) in [6.07, 6.45) is 0. The normalized spacial score (nSPS) is 19.3. The lowest BCUT2D eigenvalue weighted by atomic mass is 10.0. The highest BCUT2D eigenvalue weighted by Crippen LogP contribution is 2.38. The minimum atomic E-state index is 0.644. The third-order valence-electron chi connectivity index (χ3n) is 5.25. The van der Waals surface area contributed by atoms with Gasteiger partial charge in [-0.3, -0.25) is 4.99 Å². The Kier molecular flexibility index (Phi) is 3.64. The highest BCUT2D eigenvalue weighted by Gasteiger charge is 2.38. The summed E-state index contributed by atoms with van der Waals surface area (Å²) in [4.78, 5) is 9.21. The number of anilines is 2. The van der Waals surface area contributed by atoms with Crippen molar-refractivity contribution in [2.45, 2.75) is 0 Å². The molecule has 26 heavy (non-hydrogen) atoms. The van der Waals surface area contributed by atoms with E-state index in [9.17, 15) is 5.21 Å². The van der Waals surface area contributed by atoms with E-state index in [1.54, 1.807) is 0 Å². The fourth-order valence-electron chi connectivity index (χ4n) is 3.96. The van der Waals surface area contributed by atoms with Gasteiger partial charge < -0.3 is 20.3 Å². The number of nitrogens with one attached hydrogen (secondary N) is 1. The largest absolute Gasteiger partial charge is 0.618 e. The van der Waals surface area contributed by atoms with Crippen LogP contribution in [0.25, 0.3) is 0 Å². The monoisotopic (exact) mass is 347 g/mol. The minimum Gasteiger partial charge on any atom is -0.618 e. The molecule has 0 bridgehead atoms. The van der Waals surface area contributed by atoms with Gasteiger partial charge in [0.05, 0.1) is 12.1 Å². The van der Waals surface area contributed by atoms with Gasteiger partial charge >= 0.3 is 0 Å². The second-order valence-corrected chi connectivity index (χ2v) is 6.78. The molecule has 0 atom stereocenters. The summed E-state index contributed by atoms with van der Waals surface area (Å²) in [7, 11) is 0. The number of nitrogens with zero attached hydrogens (tertiary/aromatic N) is 4. The molecule has 1 N–H and O–H groups in total. The lowest BCUT2D eigenvalue weighted by molar-refractivity contribution is -0.358. The second-order valence-electron chi connectivity index (χ2n) is 6.78. The summed E-state index contributed by atoms with van der Waals surface area (Å²) in [6, 6.07) is 16.0. The maximum Gasteiger partial charge on any atom is 0.267 e. The number of rotatable bonds is 2. The Balaban J connectivity index is 1.63. The molecule has 5 rings (SSSR count). The van der Waals surface area contributed by atoms with Crippen molar-refractivity contribution in [2.75, 3.05) is 49.1 Å². The van der Waals surface area contributed by atoms with E-state index in [1.807, 2.05) is 36.4 Å². The molecule has 6 heteroatoms. The Labute approximate surface area is 152 Å². The third kappa shape index (κ3) is 2.37. The predicted molar refractivity (Wildman–Crippen MR) is 105 cm³/mol. The Morgan fingerprint density at radius 3 is 2.62 bits per heavy atom. The summed E-state index contributed by atoms with van der Waals surface area (Å²) in [6.45, 7) is 5.50. The molecule has 0 aromatic heterocycles. The van der Waals surface area contributed by atoms with E-state index < -0.39 is 0 Å². The van der Waals surface area contributed by atoms with E-state index in [0.29, 0.717) is 11.4 Å². The summed E-state index contributed by atoms with van der Waals surface area (Å²) in [5.41, 5.74) is 4.39. The van der Waals surface area contributed by atoms with E-state index >= 15 is 0 Å². The van der Waals surface area contributed by atoms with Crippen molar-refractivity contribution in [1.82, 2.24) is 5.32 Å². The number of fused-ring (bicyclic) bond motifs is 3. The number of benzene rings is 2. The molecule has 2 aromatic carbocycles. The molecule has 0 amide bonds. The summed E-state index contributed by atoms with van der Waals surface area (Å²) >= 11 is 0. The number of piperazine rings is 1. The van der Waals surface area contributed by atoms with Crippen LogP contribution in [0, 0.1) is 5.21 Å². The van der Waals surface area contributed by atoms with Crippen molar-refractivity contribution >= 4 is 28.6 Å². The molecular formula is C20H21N5O. The van der Waals surface area contributed by atoms with Gasteiger partial charge in [0.15, 0.2) is 0 Å². The highest BCUT2D eigenvalue weighted by atomic mass is 16.5. The van der Waals surface area contributed by atoms with Gasteiger partial charge in [-0.15, -0.1) is 0 Å². The van der Waals surface area contributed by atoms with Gasteiger partial charge in [-0.25, -0.2) is 0 Å². The van der Waals surface area contributed by atoms with E-state index in [1.165, 1.54) is 5.69 Å². The van der Waals surface area contributed by atoms with Crippen molar-refractivity contribution in [3.63, 3.8) is 0 Å². The first-order chi connectivity index (χ1) is 12.8. The Hall–Kier alpha value is -2.86. The second kappa shape index (κ2) is 6.14. The fourth-order valence-corrected chi connectivity index (χ4v) is 3.96. The quantitative estimate of drug-likeness (QED) is 0.666. The lowest BCUT2D eigenvalue weighted by Gasteiger charge is -2.32. The summed E-state index contributed by atoms with van der Waals surface area (Å²) < 4.78 is 1.05. The van der Waals surface area contributed by atoms with Crippen LogP contribution in [-0.2, 0) is 0 Å². The molecule has 6 nitrogen and oxygen atoms in total. The molecular weight excluding hydrogens is 326 g/mol. The predicted octanol–water partition coefficient (Wildman–Crippen LogP) is 1.96. The molecule has 3 aliphatic heterocycles. The Morgan fingerprint density at radius 1 is 1.00 bits per heavy atom. The van der Waals surface area contributed by atoms with Crippen molar-refractivity contribution in [2.24, 2.45) is 4.99 Å². The van der Waals surface area contributed by atoms with Crippen molar-refractivity contribution < 1.29 is 4.74 Å². The van der Waals surface area contributed by atoms with Crippen molar-refractivity contribution in [3.8, 4) is 0 Å². The van der Waals surface area contributed by atoms with Crippen LogP contribution in [0.1, 0.15) is 5.56 Å². The van der Waals surface area contributed by atoms with Crippen LogP contribution in [0.3, 0.4) is 0 Å². The van der Waals surface area contributed by atoms with E-state index in [2.05, 4.69) is 32.2 Å². The molecule has 3 aliphatic rings. The smallest absolute Gasteiger partial charge is 0.267 e. The van der Waals surface area contributed by atoms with Gasteiger partial charge in [0, 0.05) is 44.5 Å². The van der Waals surface area contributed by atoms with Crippen LogP contribution >= 0.6 is 0 Å². The van der Waals surface area contributed by atoms with Gasteiger partial charge in [0.25, 0.3) is 5.71 Å². The van der Waals surface area contributed by atoms with Crippen LogP contribution in [0.15, 0.2) is 53.5 Å². The number of hydrogen-bond acceptors (Lipinski definition) is 5. The molecule has 0 saturated carbocycles. The first-order valence-corrected chi connectivity index (χ1v) is 9.14. The Bertz CT molecular complexity index is 900. The van der Waals surface area contributed by atoms with Gasteiger partial charge in [0.2, 0.25) is 11.5 Å². The van der Waals surface area contributed by atoms with Crippen molar-refractivity contribution in [1.29, 1.82) is 0 Å². The summed E-state index contributed by atoms with van der Waals surface area (Å²) in [5, 5.41) is 16.6. The first-order valence-electron chi connectivity index (χ1n) is 9.14. The average molecular weight is 347 g/mol. The standard InChI is InChI=1S/C20H21N5O/c26-25-17-7-6-16(23-11-8-21-9-12-23)14-18(17)24-13-10-22-20(24)19(25)15-4-2-1-3-5-15/h1-7,14,21H,8-13H2. The van der Waals surface area contributed by atoms with Crippen molar-refractivity contribution in [3.05, 3.63) is 59.3 Å². The van der Waals surface area contributed by atoms with Gasteiger partial charge in [-0.1, -0.05) is 18.2 Å². The molecule has 1 saturated heterocycles. The molecule has 132 valence electrons. The van der Waals surface area contributed by atoms with Crippen LogP contribution in [0.2, 0.25) is 0 Å². The number of aliphatic imine (C=N–C) groups is 1. The molecule has 1 fully saturated rings. The first kappa shape index (κ1) is 15.4. The number of amidine groups is 1. The zero-order valence-electron chi connectivity index (χ0n) is 14.6. The molecule has 2 aromatic rings. The SMILES string of the molecule is [O-][N+]1=C(c2ccccc2)C2=NCCN2c2cc(N3CCNCC3)ccc21. The minimum absolute atomic E-state index is 0.644. The highest BCUT2D eigenvalue weighted by molar-refractivity contribution is 6.51. The zero-order chi connectivity index (χ0) is 17.5. The zero-order valence-corrected chi connectivity index (χ0v) is 14.6. The van der Waals surface area contributed by atoms with Gasteiger partial charge in [-0.2, -0.15) is 4.74 Å². The molecule has 3 heterocycles. The lowest BCUT2D eigenvalue weighted by Crippen LogP contribution is -2.44. The van der Waals surface area contributed by atoms with Gasteiger partial charge in [0.1, 0.15) is 5.69 Å². The molecule has 0 unspecified atom stereocenters. The van der Waals surface area contributed by atoms with E-state index in [4.69, 9.17) is 0 Å². The van der Waals surface area contributed by atoms with E-state index in [-0.39, 0.29) is 0 Å². The molecule has 0 radical (unpaired) electrons. The number of hydrogen-bond donors (Lipinski definition) is 1. The average Bonchev–Trinajstić information content (AvgIpc) is 3.19. The van der Waals surface area contributed by atoms with Gasteiger partial charge in [-0.05, 0) is 24.3 Å². The Morgan fingerprint density at radius 2 is 1.81 bits per heavy atom. The van der Waals surface area contributed by atoms with Crippen LogP contribution in [-0.4, -0.2) is 55.6 Å². The summed E-state index contributed by atoms with van der Waals surface area (Å²) in [5.74, 6) is 0.788. The van der Waals surface area contributed by atoms with E-state index in [0.717, 1.165) is 61.1 Å². The molecule has 0 spiro atoms. The maximum atomic E-state index is 13.2. The maximum absolute atomic E-state index is 13.2. The fraction of sp³-hybridized carbons (Fsp3) is 0.300.